The molecular weight excluding hydrogens is 210 g/mol. The van der Waals surface area contributed by atoms with E-state index < -0.39 is 6.09 Å². The van der Waals surface area contributed by atoms with Crippen LogP contribution in [-0.4, -0.2) is 22.6 Å². The van der Waals surface area contributed by atoms with Crippen LogP contribution in [0.15, 0.2) is 29.2 Å². The van der Waals surface area contributed by atoms with Crippen LogP contribution in [0.5, 0.6) is 0 Å². The summed E-state index contributed by atoms with van der Waals surface area (Å²) >= 11 is 6.84. The lowest BCUT2D eigenvalue weighted by Gasteiger charge is -2.10. The smallest absolute Gasteiger partial charge is 0.417 e. The van der Waals surface area contributed by atoms with Crippen molar-refractivity contribution in [3.05, 3.63) is 29.3 Å². The normalized spacial score (nSPS) is 9.69. The van der Waals surface area contributed by atoms with E-state index in [1.54, 1.807) is 24.3 Å². The molecule has 0 spiro atoms. The van der Waals surface area contributed by atoms with Gasteiger partial charge < -0.3 is 5.11 Å². The molecule has 0 aromatic heterocycles. The molecule has 0 aliphatic carbocycles. The van der Waals surface area contributed by atoms with Crippen LogP contribution in [0.1, 0.15) is 0 Å². The van der Waals surface area contributed by atoms with Crippen molar-refractivity contribution < 1.29 is 9.90 Å². The van der Waals surface area contributed by atoms with E-state index in [0.717, 1.165) is 21.1 Å². The monoisotopic (exact) mass is 217 g/mol. The highest BCUT2D eigenvalue weighted by molar-refractivity contribution is 7.97. The van der Waals surface area contributed by atoms with Gasteiger partial charge in [0.05, 0.1) is 0 Å². The number of hydrogen-bond acceptors (Lipinski definition) is 2. The number of nitrogens with zero attached hydrogens (tertiary/aromatic N) is 1. The molecule has 13 heavy (non-hydrogen) atoms. The molecule has 0 fully saturated rings. The number of carbonyl (C=O) groups is 1. The Morgan fingerprint density at radius 3 is 2.85 bits per heavy atom. The maximum absolute atomic E-state index is 10.5. The van der Waals surface area contributed by atoms with Gasteiger partial charge in [-0.05, 0) is 30.1 Å². The maximum atomic E-state index is 10.5. The molecule has 0 saturated heterocycles. The zero-order valence-corrected chi connectivity index (χ0v) is 8.47. The van der Waals surface area contributed by atoms with Crippen LogP contribution in [0.4, 0.5) is 4.79 Å². The fraction of sp³-hybridized carbons (Fsp3) is 0.125. The standard InChI is InChI=1S/C8H8ClNO2S/c1-10(8(11)12)13-7-4-2-3-6(9)5-7/h2-5H,1H3,(H,11,12). The van der Waals surface area contributed by atoms with E-state index in [1.807, 2.05) is 0 Å². The van der Waals surface area contributed by atoms with Crippen molar-refractivity contribution >= 4 is 29.6 Å². The summed E-state index contributed by atoms with van der Waals surface area (Å²) in [5, 5.41) is 9.19. The van der Waals surface area contributed by atoms with Crippen molar-refractivity contribution in [2.24, 2.45) is 0 Å². The van der Waals surface area contributed by atoms with Gasteiger partial charge in [0.1, 0.15) is 0 Å². The number of rotatable bonds is 2. The minimum Gasteiger partial charge on any atom is -0.464 e. The molecule has 0 atom stereocenters. The van der Waals surface area contributed by atoms with E-state index >= 15 is 0 Å². The third-order valence-corrected chi connectivity index (χ3v) is 2.44. The average molecular weight is 218 g/mol. The fourth-order valence-electron chi connectivity index (χ4n) is 0.721. The molecule has 0 bridgehead atoms. The van der Waals surface area contributed by atoms with Crippen LogP contribution in [0.25, 0.3) is 0 Å². The molecule has 3 nitrogen and oxygen atoms in total. The topological polar surface area (TPSA) is 40.5 Å². The molecule has 1 amide bonds. The minimum atomic E-state index is -0.982. The van der Waals surface area contributed by atoms with Crippen LogP contribution in [0, 0.1) is 0 Å². The van der Waals surface area contributed by atoms with Crippen LogP contribution >= 0.6 is 23.5 Å². The summed E-state index contributed by atoms with van der Waals surface area (Å²) in [6.45, 7) is 0. The predicted octanol–water partition coefficient (Wildman–Crippen LogP) is 2.96. The number of benzene rings is 1. The Balaban J connectivity index is 2.69. The van der Waals surface area contributed by atoms with Gasteiger partial charge >= 0.3 is 6.09 Å². The second-order valence-electron chi connectivity index (χ2n) is 2.33. The largest absolute Gasteiger partial charge is 0.464 e. The lowest BCUT2D eigenvalue weighted by Crippen LogP contribution is -2.15. The van der Waals surface area contributed by atoms with E-state index in [4.69, 9.17) is 16.7 Å². The van der Waals surface area contributed by atoms with Gasteiger partial charge in [-0.2, -0.15) is 0 Å². The first-order valence-corrected chi connectivity index (χ1v) is 4.65. The van der Waals surface area contributed by atoms with Crippen molar-refractivity contribution in [2.45, 2.75) is 4.90 Å². The van der Waals surface area contributed by atoms with Crippen LogP contribution < -0.4 is 0 Å². The Hall–Kier alpha value is -0.870. The Morgan fingerprint density at radius 2 is 2.31 bits per heavy atom. The van der Waals surface area contributed by atoms with Crippen molar-refractivity contribution in [3.8, 4) is 0 Å². The summed E-state index contributed by atoms with van der Waals surface area (Å²) in [6, 6.07) is 7.04. The number of halogens is 1. The molecule has 0 aliphatic heterocycles. The Morgan fingerprint density at radius 1 is 1.62 bits per heavy atom. The zero-order valence-electron chi connectivity index (χ0n) is 6.90. The van der Waals surface area contributed by atoms with E-state index in [9.17, 15) is 4.79 Å². The van der Waals surface area contributed by atoms with E-state index in [2.05, 4.69) is 0 Å². The van der Waals surface area contributed by atoms with Crippen LogP contribution in [0.3, 0.4) is 0 Å². The number of carboxylic acid groups (broad SMARTS) is 1. The zero-order chi connectivity index (χ0) is 9.84. The summed E-state index contributed by atoms with van der Waals surface area (Å²) in [5.74, 6) is 0. The Bertz CT molecular complexity index is 319. The predicted molar refractivity (Wildman–Crippen MR) is 53.1 cm³/mol. The first-order chi connectivity index (χ1) is 6.09. The first kappa shape index (κ1) is 10.2. The Labute approximate surface area is 85.4 Å². The lowest BCUT2D eigenvalue weighted by molar-refractivity contribution is 0.181. The second kappa shape index (κ2) is 4.39. The van der Waals surface area contributed by atoms with Crippen LogP contribution in [0.2, 0.25) is 5.02 Å². The number of hydrogen-bond donors (Lipinski definition) is 1. The third-order valence-electron chi connectivity index (χ3n) is 1.31. The highest BCUT2D eigenvalue weighted by atomic mass is 35.5. The van der Waals surface area contributed by atoms with Crippen molar-refractivity contribution in [1.29, 1.82) is 0 Å². The van der Waals surface area contributed by atoms with Crippen molar-refractivity contribution in [2.75, 3.05) is 7.05 Å². The van der Waals surface area contributed by atoms with Gasteiger partial charge in [0.15, 0.2) is 0 Å². The molecule has 1 rings (SSSR count). The van der Waals surface area contributed by atoms with Gasteiger partial charge in [0.2, 0.25) is 0 Å². The molecule has 5 heteroatoms. The van der Waals surface area contributed by atoms with Gasteiger partial charge in [0, 0.05) is 17.0 Å². The van der Waals surface area contributed by atoms with Gasteiger partial charge in [-0.15, -0.1) is 0 Å². The molecule has 1 N–H and O–H groups in total. The summed E-state index contributed by atoms with van der Waals surface area (Å²) in [6.07, 6.45) is -0.982. The van der Waals surface area contributed by atoms with Gasteiger partial charge in [-0.1, -0.05) is 17.7 Å². The van der Waals surface area contributed by atoms with Crippen LogP contribution in [-0.2, 0) is 0 Å². The average Bonchev–Trinajstić information content (AvgIpc) is 2.04. The summed E-state index contributed by atoms with van der Waals surface area (Å²) < 4.78 is 1.12. The molecule has 1 aromatic carbocycles. The van der Waals surface area contributed by atoms with Crippen molar-refractivity contribution in [3.63, 3.8) is 0 Å². The fourth-order valence-corrected chi connectivity index (χ4v) is 1.69. The van der Waals surface area contributed by atoms with Gasteiger partial charge in [-0.25, -0.2) is 4.79 Å². The summed E-state index contributed by atoms with van der Waals surface area (Å²) in [4.78, 5) is 11.3. The minimum absolute atomic E-state index is 0.601. The summed E-state index contributed by atoms with van der Waals surface area (Å²) in [5.41, 5.74) is 0. The van der Waals surface area contributed by atoms with E-state index in [-0.39, 0.29) is 0 Å². The third kappa shape index (κ3) is 3.16. The van der Waals surface area contributed by atoms with Crippen molar-refractivity contribution in [1.82, 2.24) is 4.31 Å². The molecule has 0 aliphatic rings. The second-order valence-corrected chi connectivity index (χ2v) is 3.97. The highest BCUT2D eigenvalue weighted by Crippen LogP contribution is 2.23. The molecule has 0 radical (unpaired) electrons. The highest BCUT2D eigenvalue weighted by Gasteiger charge is 2.06. The maximum Gasteiger partial charge on any atom is 0.417 e. The molecule has 0 heterocycles. The van der Waals surface area contributed by atoms with E-state index in [0.29, 0.717) is 5.02 Å². The lowest BCUT2D eigenvalue weighted by atomic mass is 10.4. The molecule has 1 aromatic rings. The first-order valence-electron chi connectivity index (χ1n) is 3.50. The van der Waals surface area contributed by atoms with E-state index in [1.165, 1.54) is 7.05 Å². The number of amides is 1. The SMILES string of the molecule is CN(Sc1cccc(Cl)c1)C(=O)O. The van der Waals surface area contributed by atoms with Gasteiger partial charge in [-0.3, -0.25) is 4.31 Å². The molecular formula is C8H8ClNO2S. The molecule has 70 valence electrons. The molecule has 0 saturated carbocycles. The molecule has 0 unspecified atom stereocenters. The quantitative estimate of drug-likeness (QED) is 0.775. The Kier molecular flexibility index (Phi) is 3.45. The summed E-state index contributed by atoms with van der Waals surface area (Å²) in [7, 11) is 1.48. The van der Waals surface area contributed by atoms with Gasteiger partial charge in [0.25, 0.3) is 0 Å².